The van der Waals surface area contributed by atoms with Crippen molar-refractivity contribution in [3.8, 4) is 0 Å². The number of carboxylic acid groups (broad SMARTS) is 1. The molecule has 0 saturated heterocycles. The van der Waals surface area contributed by atoms with Gasteiger partial charge >= 0.3 is 48.9 Å². The quantitative estimate of drug-likeness (QED) is 0.647. The number of hydrogen-bond acceptors (Lipinski definition) is 2. The van der Waals surface area contributed by atoms with Gasteiger partial charge in [0.15, 0.2) is 0 Å². The first kappa shape index (κ1) is 10.3. The molecule has 0 aliphatic heterocycles. The summed E-state index contributed by atoms with van der Waals surface area (Å²) in [5.74, 6) is -1.13. The summed E-state index contributed by atoms with van der Waals surface area (Å²) in [5, 5.41) is 10.1. The van der Waals surface area contributed by atoms with Crippen molar-refractivity contribution in [1.82, 2.24) is 0 Å². The zero-order valence-electron chi connectivity index (χ0n) is 5.41. The van der Waals surface area contributed by atoms with Crippen LogP contribution in [0.3, 0.4) is 0 Å². The maximum absolute atomic E-state index is 10.1. The van der Waals surface area contributed by atoms with Gasteiger partial charge in [0.1, 0.15) is 0 Å². The molecule has 0 bridgehead atoms. The van der Waals surface area contributed by atoms with Gasteiger partial charge in [-0.1, -0.05) is 30.3 Å². The van der Waals surface area contributed by atoms with Crippen molar-refractivity contribution >= 4 is 54.9 Å². The molecule has 1 aromatic rings. The van der Waals surface area contributed by atoms with E-state index in [2.05, 4.69) is 0 Å². The summed E-state index contributed by atoms with van der Waals surface area (Å²) < 4.78 is 0. The van der Waals surface area contributed by atoms with Gasteiger partial charge in [-0.3, -0.25) is 0 Å². The topological polar surface area (TPSA) is 40.1 Å². The Balaban J connectivity index is 0.000000810. The Morgan fingerprint density at radius 3 is 2.00 bits per heavy atom. The van der Waals surface area contributed by atoms with Gasteiger partial charge in [-0.2, -0.15) is 0 Å². The number of rotatable bonds is 1. The Labute approximate surface area is 99.3 Å². The van der Waals surface area contributed by atoms with Crippen molar-refractivity contribution in [1.29, 1.82) is 0 Å². The van der Waals surface area contributed by atoms with E-state index < -0.39 is 5.97 Å². The molecule has 0 heterocycles. The second-order valence-corrected chi connectivity index (χ2v) is 1.65. The molecule has 10 heavy (non-hydrogen) atoms. The molecule has 0 radical (unpaired) electrons. The molecular weight excluding hydrogens is 253 g/mol. The minimum absolute atomic E-state index is 0. The van der Waals surface area contributed by atoms with Crippen molar-refractivity contribution in [2.75, 3.05) is 0 Å². The van der Waals surface area contributed by atoms with Crippen LogP contribution >= 0.6 is 0 Å². The Morgan fingerprint density at radius 1 is 1.20 bits per heavy atom. The molecule has 0 aliphatic carbocycles. The average Bonchev–Trinajstić information content (AvgIpc) is 1.90. The maximum Gasteiger partial charge on any atom is 2.00 e. The van der Waals surface area contributed by atoms with Gasteiger partial charge in [0.05, 0.1) is 5.97 Å². The van der Waals surface area contributed by atoms with Crippen LogP contribution in [0.25, 0.3) is 0 Å². The molecular formula is C7H5BaO2+. The van der Waals surface area contributed by atoms with Crippen LogP contribution in [0.4, 0.5) is 0 Å². The van der Waals surface area contributed by atoms with E-state index in [1.807, 2.05) is 0 Å². The Morgan fingerprint density at radius 2 is 1.70 bits per heavy atom. The zero-order valence-corrected chi connectivity index (χ0v) is 9.85. The van der Waals surface area contributed by atoms with Crippen molar-refractivity contribution < 1.29 is 9.90 Å². The van der Waals surface area contributed by atoms with Crippen LogP contribution in [0.15, 0.2) is 30.3 Å². The Hall–Kier alpha value is 0.261. The van der Waals surface area contributed by atoms with E-state index in [1.54, 1.807) is 18.2 Å². The molecule has 2 nitrogen and oxygen atoms in total. The van der Waals surface area contributed by atoms with E-state index in [1.165, 1.54) is 12.1 Å². The Kier molecular flexibility index (Phi) is 5.11. The molecule has 0 saturated carbocycles. The monoisotopic (exact) mass is 259 g/mol. The third kappa shape index (κ3) is 2.90. The number of hydrogen-bond donors (Lipinski definition) is 0. The van der Waals surface area contributed by atoms with Crippen LogP contribution in [0.1, 0.15) is 10.4 Å². The first-order valence-electron chi connectivity index (χ1n) is 2.57. The predicted molar refractivity (Wildman–Crippen MR) is 36.5 cm³/mol. The van der Waals surface area contributed by atoms with E-state index in [-0.39, 0.29) is 54.4 Å². The molecule has 0 fully saturated rings. The molecule has 1 aromatic carbocycles. The fourth-order valence-electron chi connectivity index (χ4n) is 0.574. The predicted octanol–water partition coefficient (Wildman–Crippen LogP) is -0.331. The van der Waals surface area contributed by atoms with E-state index in [0.29, 0.717) is 0 Å². The fourth-order valence-corrected chi connectivity index (χ4v) is 0.574. The van der Waals surface area contributed by atoms with Gasteiger partial charge in [-0.25, -0.2) is 0 Å². The molecule has 0 spiro atoms. The standard InChI is InChI=1S/C7H6O2.Ba/c8-7(9)6-4-2-1-3-5-6;/h1-5H,(H,8,9);/q;+2/p-1. The van der Waals surface area contributed by atoms with Gasteiger partial charge in [0.2, 0.25) is 0 Å². The van der Waals surface area contributed by atoms with Crippen molar-refractivity contribution in [2.45, 2.75) is 0 Å². The van der Waals surface area contributed by atoms with E-state index in [9.17, 15) is 9.90 Å². The van der Waals surface area contributed by atoms with Crippen molar-refractivity contribution in [3.63, 3.8) is 0 Å². The number of benzene rings is 1. The van der Waals surface area contributed by atoms with Gasteiger partial charge in [0, 0.05) is 0 Å². The third-order valence-corrected chi connectivity index (χ3v) is 1.01. The van der Waals surface area contributed by atoms with Crippen LogP contribution in [0, 0.1) is 0 Å². The van der Waals surface area contributed by atoms with Crippen molar-refractivity contribution in [3.05, 3.63) is 35.9 Å². The molecule has 3 heteroatoms. The summed E-state index contributed by atoms with van der Waals surface area (Å²) in [6.07, 6.45) is 0. The average molecular weight is 258 g/mol. The largest absolute Gasteiger partial charge is 2.00 e. The molecule has 1 rings (SSSR count). The molecule has 0 atom stereocenters. The first-order valence-corrected chi connectivity index (χ1v) is 2.57. The van der Waals surface area contributed by atoms with Gasteiger partial charge < -0.3 is 9.90 Å². The van der Waals surface area contributed by atoms with E-state index in [0.717, 1.165) is 0 Å². The van der Waals surface area contributed by atoms with Gasteiger partial charge in [-0.15, -0.1) is 0 Å². The molecule has 0 aromatic heterocycles. The van der Waals surface area contributed by atoms with Gasteiger partial charge in [-0.05, 0) is 5.56 Å². The fraction of sp³-hybridized carbons (Fsp3) is 0. The third-order valence-electron chi connectivity index (χ3n) is 1.01. The van der Waals surface area contributed by atoms with Crippen LogP contribution in [-0.2, 0) is 0 Å². The van der Waals surface area contributed by atoms with E-state index >= 15 is 0 Å². The minimum atomic E-state index is -1.13. The summed E-state index contributed by atoms with van der Waals surface area (Å²) in [6, 6.07) is 8.06. The van der Waals surface area contributed by atoms with Crippen molar-refractivity contribution in [2.24, 2.45) is 0 Å². The molecule has 46 valence electrons. The molecule has 0 unspecified atom stereocenters. The summed E-state index contributed by atoms with van der Waals surface area (Å²) >= 11 is 0. The summed E-state index contributed by atoms with van der Waals surface area (Å²) in [5.41, 5.74) is 0.220. The minimum Gasteiger partial charge on any atom is -0.545 e. The summed E-state index contributed by atoms with van der Waals surface area (Å²) in [6.45, 7) is 0. The summed E-state index contributed by atoms with van der Waals surface area (Å²) in [4.78, 5) is 10.1. The second-order valence-electron chi connectivity index (χ2n) is 1.65. The number of carbonyl (C=O) groups is 1. The summed E-state index contributed by atoms with van der Waals surface area (Å²) in [7, 11) is 0. The molecule has 0 N–H and O–H groups in total. The van der Waals surface area contributed by atoms with E-state index in [4.69, 9.17) is 0 Å². The van der Waals surface area contributed by atoms with Crippen LogP contribution in [0.5, 0.6) is 0 Å². The number of carbonyl (C=O) groups excluding carboxylic acids is 1. The molecule has 0 aliphatic rings. The van der Waals surface area contributed by atoms with Gasteiger partial charge in [0.25, 0.3) is 0 Å². The van der Waals surface area contributed by atoms with Crippen LogP contribution in [-0.4, -0.2) is 54.9 Å². The number of carboxylic acids is 1. The maximum atomic E-state index is 10.1. The smallest absolute Gasteiger partial charge is 0.545 e. The number of aromatic carboxylic acids is 1. The first-order chi connectivity index (χ1) is 4.30. The SMILES string of the molecule is O=C([O-])c1ccccc1.[Ba+2]. The molecule has 0 amide bonds. The second kappa shape index (κ2) is 4.98. The zero-order chi connectivity index (χ0) is 6.69. The normalized spacial score (nSPS) is 8.00. The van der Waals surface area contributed by atoms with Crippen LogP contribution < -0.4 is 5.11 Å². The Bertz CT molecular complexity index is 208. The van der Waals surface area contributed by atoms with Crippen LogP contribution in [0.2, 0.25) is 0 Å².